The summed E-state index contributed by atoms with van der Waals surface area (Å²) < 4.78 is 37.8. The standard InChI is InChI=1S/C17H18FNO3S/c1-12(20)13-8-9-17(23(3,21)22)16(10-13)19(2)11-14-6-4-5-7-15(14)18/h4-10H,11H2,1-3H3. The third-order valence-corrected chi connectivity index (χ3v) is 4.69. The third kappa shape index (κ3) is 3.96. The van der Waals surface area contributed by atoms with Crippen LogP contribution < -0.4 is 4.90 Å². The first-order valence-corrected chi connectivity index (χ1v) is 8.89. The Labute approximate surface area is 135 Å². The predicted octanol–water partition coefficient (Wildman–Crippen LogP) is 3.07. The molecule has 0 aliphatic rings. The Bertz CT molecular complexity index is 847. The van der Waals surface area contributed by atoms with Crippen LogP contribution in [0.15, 0.2) is 47.4 Å². The monoisotopic (exact) mass is 335 g/mol. The minimum Gasteiger partial charge on any atom is -0.369 e. The van der Waals surface area contributed by atoms with Crippen LogP contribution in [0.25, 0.3) is 0 Å². The predicted molar refractivity (Wildman–Crippen MR) is 88.1 cm³/mol. The number of sulfone groups is 1. The van der Waals surface area contributed by atoms with Crippen LogP contribution in [0.2, 0.25) is 0 Å². The molecule has 122 valence electrons. The maximum Gasteiger partial charge on any atom is 0.177 e. The Hall–Kier alpha value is -2.21. The number of Topliss-reactive ketones (excluding diaryl/α,β-unsaturated/α-hetero) is 1. The quantitative estimate of drug-likeness (QED) is 0.788. The van der Waals surface area contributed by atoms with E-state index in [1.807, 2.05) is 0 Å². The first kappa shape index (κ1) is 17.1. The van der Waals surface area contributed by atoms with Crippen molar-refractivity contribution in [2.24, 2.45) is 0 Å². The molecule has 4 nitrogen and oxygen atoms in total. The summed E-state index contributed by atoms with van der Waals surface area (Å²) in [6.45, 7) is 1.60. The van der Waals surface area contributed by atoms with Gasteiger partial charge in [0, 0.05) is 31.0 Å². The SMILES string of the molecule is CC(=O)c1ccc(S(C)(=O)=O)c(N(C)Cc2ccccc2F)c1. The molecule has 0 heterocycles. The van der Waals surface area contributed by atoms with Crippen LogP contribution in [0.5, 0.6) is 0 Å². The Morgan fingerprint density at radius 2 is 1.83 bits per heavy atom. The van der Waals surface area contributed by atoms with E-state index in [9.17, 15) is 17.6 Å². The first-order chi connectivity index (χ1) is 10.7. The Kier molecular flexibility index (Phi) is 4.85. The molecular weight excluding hydrogens is 317 g/mol. The maximum atomic E-state index is 13.8. The lowest BCUT2D eigenvalue weighted by Crippen LogP contribution is -2.20. The van der Waals surface area contributed by atoms with Crippen LogP contribution in [0.3, 0.4) is 0 Å². The van der Waals surface area contributed by atoms with Crippen molar-refractivity contribution in [3.05, 3.63) is 59.4 Å². The number of halogens is 1. The molecule has 0 N–H and O–H groups in total. The molecule has 0 saturated carbocycles. The summed E-state index contributed by atoms with van der Waals surface area (Å²) in [7, 11) is -1.80. The number of nitrogens with zero attached hydrogens (tertiary/aromatic N) is 1. The molecule has 0 unspecified atom stereocenters. The molecule has 0 fully saturated rings. The van der Waals surface area contributed by atoms with Gasteiger partial charge >= 0.3 is 0 Å². The Morgan fingerprint density at radius 1 is 1.17 bits per heavy atom. The molecule has 0 aliphatic heterocycles. The summed E-state index contributed by atoms with van der Waals surface area (Å²) in [4.78, 5) is 13.3. The van der Waals surface area contributed by atoms with Crippen molar-refractivity contribution in [1.29, 1.82) is 0 Å². The van der Waals surface area contributed by atoms with Gasteiger partial charge in [0.05, 0.1) is 10.6 Å². The zero-order valence-electron chi connectivity index (χ0n) is 13.2. The van der Waals surface area contributed by atoms with Crippen LogP contribution in [0.1, 0.15) is 22.8 Å². The van der Waals surface area contributed by atoms with Crippen LogP contribution in [-0.2, 0) is 16.4 Å². The topological polar surface area (TPSA) is 54.5 Å². The van der Waals surface area contributed by atoms with Crippen LogP contribution in [0, 0.1) is 5.82 Å². The second-order valence-electron chi connectivity index (χ2n) is 5.46. The highest BCUT2D eigenvalue weighted by Crippen LogP contribution is 2.27. The van der Waals surface area contributed by atoms with E-state index in [2.05, 4.69) is 0 Å². The normalized spacial score (nSPS) is 11.3. The molecule has 2 aromatic carbocycles. The molecule has 0 radical (unpaired) electrons. The Balaban J connectivity index is 2.49. The van der Waals surface area contributed by atoms with Gasteiger partial charge in [-0.05, 0) is 31.2 Å². The zero-order chi connectivity index (χ0) is 17.2. The van der Waals surface area contributed by atoms with Crippen molar-refractivity contribution in [2.75, 3.05) is 18.2 Å². The fraction of sp³-hybridized carbons (Fsp3) is 0.235. The number of benzene rings is 2. The van der Waals surface area contributed by atoms with E-state index < -0.39 is 9.84 Å². The molecule has 23 heavy (non-hydrogen) atoms. The van der Waals surface area contributed by atoms with Gasteiger partial charge in [0.1, 0.15) is 5.82 Å². The summed E-state index contributed by atoms with van der Waals surface area (Å²) in [5.74, 6) is -0.520. The largest absolute Gasteiger partial charge is 0.369 e. The number of carbonyl (C=O) groups excluding carboxylic acids is 1. The second kappa shape index (κ2) is 6.50. The van der Waals surface area contributed by atoms with Gasteiger partial charge in [0.2, 0.25) is 0 Å². The number of hydrogen-bond acceptors (Lipinski definition) is 4. The van der Waals surface area contributed by atoms with Gasteiger partial charge < -0.3 is 4.90 Å². The highest BCUT2D eigenvalue weighted by molar-refractivity contribution is 7.90. The number of anilines is 1. The molecule has 0 aliphatic carbocycles. The van der Waals surface area contributed by atoms with E-state index in [1.165, 1.54) is 31.2 Å². The Morgan fingerprint density at radius 3 is 2.39 bits per heavy atom. The molecule has 2 aromatic rings. The molecule has 2 rings (SSSR count). The lowest BCUT2D eigenvalue weighted by molar-refractivity contribution is 0.101. The van der Waals surface area contributed by atoms with Crippen molar-refractivity contribution in [2.45, 2.75) is 18.4 Å². The minimum atomic E-state index is -3.47. The number of ketones is 1. The summed E-state index contributed by atoms with van der Waals surface area (Å²) in [6, 6.07) is 10.7. The molecule has 0 amide bonds. The number of hydrogen-bond donors (Lipinski definition) is 0. The maximum absolute atomic E-state index is 13.8. The fourth-order valence-electron chi connectivity index (χ4n) is 2.32. The van der Waals surface area contributed by atoms with Gasteiger partial charge in [-0.3, -0.25) is 4.79 Å². The van der Waals surface area contributed by atoms with E-state index >= 15 is 0 Å². The summed E-state index contributed by atoms with van der Waals surface area (Å²) in [5, 5.41) is 0. The van der Waals surface area contributed by atoms with Crippen LogP contribution in [-0.4, -0.2) is 27.5 Å². The molecule has 6 heteroatoms. The molecule has 0 atom stereocenters. The molecule has 0 spiro atoms. The lowest BCUT2D eigenvalue weighted by atomic mass is 10.1. The van der Waals surface area contributed by atoms with Gasteiger partial charge in [-0.25, -0.2) is 12.8 Å². The fourth-order valence-corrected chi connectivity index (χ4v) is 3.23. The minimum absolute atomic E-state index is 0.112. The van der Waals surface area contributed by atoms with Crippen molar-refractivity contribution < 1.29 is 17.6 Å². The smallest absolute Gasteiger partial charge is 0.177 e. The zero-order valence-corrected chi connectivity index (χ0v) is 14.0. The number of carbonyl (C=O) groups is 1. The van der Waals surface area contributed by atoms with Crippen molar-refractivity contribution >= 4 is 21.3 Å². The van der Waals surface area contributed by atoms with E-state index in [-0.39, 0.29) is 23.0 Å². The third-order valence-electron chi connectivity index (χ3n) is 3.54. The first-order valence-electron chi connectivity index (χ1n) is 6.99. The van der Waals surface area contributed by atoms with E-state index in [0.717, 1.165) is 6.26 Å². The summed E-state index contributed by atoms with van der Waals surface area (Å²) in [5.41, 5.74) is 1.24. The summed E-state index contributed by atoms with van der Waals surface area (Å²) >= 11 is 0. The molecular formula is C17H18FNO3S. The van der Waals surface area contributed by atoms with Gasteiger partial charge in [-0.1, -0.05) is 18.2 Å². The average Bonchev–Trinajstić information content (AvgIpc) is 2.48. The highest BCUT2D eigenvalue weighted by atomic mass is 32.2. The van der Waals surface area contributed by atoms with E-state index in [1.54, 1.807) is 30.1 Å². The second-order valence-corrected chi connectivity index (χ2v) is 7.44. The van der Waals surface area contributed by atoms with E-state index in [0.29, 0.717) is 16.8 Å². The molecule has 0 saturated heterocycles. The summed E-state index contributed by atoms with van der Waals surface area (Å²) in [6.07, 6.45) is 1.11. The van der Waals surface area contributed by atoms with Gasteiger partial charge in [0.25, 0.3) is 0 Å². The van der Waals surface area contributed by atoms with Gasteiger partial charge in [-0.15, -0.1) is 0 Å². The van der Waals surface area contributed by atoms with Crippen molar-refractivity contribution in [3.63, 3.8) is 0 Å². The van der Waals surface area contributed by atoms with Crippen molar-refractivity contribution in [1.82, 2.24) is 0 Å². The van der Waals surface area contributed by atoms with Crippen LogP contribution in [0.4, 0.5) is 10.1 Å². The van der Waals surface area contributed by atoms with Crippen molar-refractivity contribution in [3.8, 4) is 0 Å². The molecule has 0 aromatic heterocycles. The highest BCUT2D eigenvalue weighted by Gasteiger charge is 2.18. The van der Waals surface area contributed by atoms with Gasteiger partial charge in [0.15, 0.2) is 15.6 Å². The number of rotatable bonds is 5. The molecule has 0 bridgehead atoms. The lowest BCUT2D eigenvalue weighted by Gasteiger charge is -2.23. The van der Waals surface area contributed by atoms with Crippen LogP contribution >= 0.6 is 0 Å². The van der Waals surface area contributed by atoms with Gasteiger partial charge in [-0.2, -0.15) is 0 Å². The average molecular weight is 335 g/mol. The van der Waals surface area contributed by atoms with E-state index in [4.69, 9.17) is 0 Å².